The molecule has 1 heterocycles. The Bertz CT molecular complexity index is 738. The molecule has 1 atom stereocenters. The average molecular weight is 417 g/mol. The van der Waals surface area contributed by atoms with Crippen LogP contribution in [0.5, 0.6) is 0 Å². The van der Waals surface area contributed by atoms with Crippen LogP contribution in [-0.4, -0.2) is 16.0 Å². The molecule has 1 N–H and O–H groups in total. The van der Waals surface area contributed by atoms with Gasteiger partial charge in [-0.15, -0.1) is 0 Å². The van der Waals surface area contributed by atoms with Gasteiger partial charge in [0.25, 0.3) is 0 Å². The number of rotatable bonds is 7. The van der Waals surface area contributed by atoms with E-state index in [0.29, 0.717) is 18.6 Å². The van der Waals surface area contributed by atoms with E-state index < -0.39 is 0 Å². The Hall–Kier alpha value is -2.23. The van der Waals surface area contributed by atoms with Crippen molar-refractivity contribution in [3.8, 4) is 0 Å². The largest absolute Gasteiger partial charge is 0.300 e. The van der Waals surface area contributed by atoms with E-state index in [4.69, 9.17) is 0 Å². The predicted octanol–water partition coefficient (Wildman–Crippen LogP) is 8.07. The molecule has 1 aliphatic carbocycles. The van der Waals surface area contributed by atoms with E-state index in [1.807, 2.05) is 46.8 Å². The molecule has 1 aromatic heterocycles. The zero-order chi connectivity index (χ0) is 22.9. The molecular formula is C26H41FN2O. The van der Waals surface area contributed by atoms with Gasteiger partial charge < -0.3 is 0 Å². The van der Waals surface area contributed by atoms with E-state index in [-0.39, 0.29) is 11.7 Å². The summed E-state index contributed by atoms with van der Waals surface area (Å²) in [7, 11) is 0. The quantitative estimate of drug-likeness (QED) is 0.488. The summed E-state index contributed by atoms with van der Waals surface area (Å²) in [4.78, 5) is 11.6. The summed E-state index contributed by atoms with van der Waals surface area (Å²) in [5.74, 6) is 0.378. The maximum Gasteiger partial charge on any atom is 0.133 e. The Balaban J connectivity index is 0.000000590. The van der Waals surface area contributed by atoms with E-state index in [9.17, 15) is 9.18 Å². The van der Waals surface area contributed by atoms with Crippen molar-refractivity contribution in [1.82, 2.24) is 10.2 Å². The molecule has 0 aromatic carbocycles. The number of halogens is 1. The van der Waals surface area contributed by atoms with Crippen molar-refractivity contribution in [3.05, 3.63) is 59.2 Å². The van der Waals surface area contributed by atoms with Crippen LogP contribution in [0.25, 0.3) is 5.57 Å². The van der Waals surface area contributed by atoms with E-state index in [2.05, 4.69) is 36.2 Å². The molecule has 0 saturated carbocycles. The van der Waals surface area contributed by atoms with Crippen LogP contribution in [0.2, 0.25) is 0 Å². The van der Waals surface area contributed by atoms with E-state index >= 15 is 0 Å². The minimum atomic E-state index is -0.169. The van der Waals surface area contributed by atoms with Crippen molar-refractivity contribution in [3.63, 3.8) is 0 Å². The Morgan fingerprint density at radius 2 is 1.90 bits per heavy atom. The normalized spacial score (nSPS) is 16.5. The topological polar surface area (TPSA) is 45.8 Å². The summed E-state index contributed by atoms with van der Waals surface area (Å²) < 4.78 is 13.3. The van der Waals surface area contributed by atoms with Gasteiger partial charge in [0, 0.05) is 18.5 Å². The number of aromatic nitrogens is 2. The zero-order valence-electron chi connectivity index (χ0n) is 20.0. The lowest BCUT2D eigenvalue weighted by Gasteiger charge is -2.17. The van der Waals surface area contributed by atoms with Crippen molar-refractivity contribution >= 4 is 11.4 Å². The number of nitrogens with zero attached hydrogens (tertiary/aromatic N) is 1. The number of H-pyrrole nitrogens is 1. The van der Waals surface area contributed by atoms with Gasteiger partial charge in [-0.05, 0) is 75.3 Å². The minimum Gasteiger partial charge on any atom is -0.300 e. The number of Topliss-reactive ketones (excluding diaryl/α,β-unsaturated/α-hetero) is 1. The number of ketones is 1. The first kappa shape index (κ1) is 27.8. The molecule has 168 valence electrons. The van der Waals surface area contributed by atoms with Gasteiger partial charge in [-0.25, -0.2) is 4.39 Å². The molecule has 0 fully saturated rings. The van der Waals surface area contributed by atoms with Crippen LogP contribution in [-0.2, 0) is 4.79 Å². The molecule has 0 amide bonds. The van der Waals surface area contributed by atoms with Gasteiger partial charge in [0.2, 0.25) is 0 Å². The molecular weight excluding hydrogens is 375 g/mol. The highest BCUT2D eigenvalue weighted by Gasteiger charge is 2.15. The fraction of sp³-hybridized carbons (Fsp3) is 0.538. The Kier molecular flexibility index (Phi) is 15.3. The number of aromatic amines is 1. The van der Waals surface area contributed by atoms with Gasteiger partial charge in [0.1, 0.15) is 11.6 Å². The van der Waals surface area contributed by atoms with E-state index in [0.717, 1.165) is 42.6 Å². The van der Waals surface area contributed by atoms with Gasteiger partial charge >= 0.3 is 0 Å². The molecule has 1 unspecified atom stereocenters. The molecule has 0 spiro atoms. The zero-order valence-corrected chi connectivity index (χ0v) is 20.0. The van der Waals surface area contributed by atoms with Crippen LogP contribution in [0, 0.1) is 12.8 Å². The van der Waals surface area contributed by atoms with Crippen molar-refractivity contribution in [2.75, 3.05) is 0 Å². The maximum absolute atomic E-state index is 13.3. The number of carbonyl (C=O) groups is 1. The summed E-state index contributed by atoms with van der Waals surface area (Å²) in [6, 6.07) is 2.04. The van der Waals surface area contributed by atoms with Gasteiger partial charge in [-0.3, -0.25) is 9.89 Å². The highest BCUT2D eigenvalue weighted by atomic mass is 19.1. The number of carbonyl (C=O) groups excluding carboxylic acids is 1. The second-order valence-corrected chi connectivity index (χ2v) is 7.19. The number of hydrogen-bond donors (Lipinski definition) is 1. The third kappa shape index (κ3) is 11.1. The lowest BCUT2D eigenvalue weighted by Crippen LogP contribution is -2.10. The van der Waals surface area contributed by atoms with Crippen molar-refractivity contribution in [2.45, 2.75) is 87.0 Å². The second-order valence-electron chi connectivity index (χ2n) is 7.19. The van der Waals surface area contributed by atoms with Gasteiger partial charge in [0.05, 0.1) is 5.69 Å². The number of allylic oxidation sites excluding steroid dienone is 8. The highest BCUT2D eigenvalue weighted by molar-refractivity contribution is 5.78. The third-order valence-electron chi connectivity index (χ3n) is 4.84. The Labute approximate surface area is 183 Å². The van der Waals surface area contributed by atoms with Crippen LogP contribution in [0.1, 0.15) is 91.5 Å². The minimum absolute atomic E-state index is 0.169. The molecule has 3 nitrogen and oxygen atoms in total. The SMILES string of the molecule is C/C=C(\C)c1cc(C)[nH]n1.CC.CCCC(CC(=O)CC)/C1=C/CCC=C(F)C=C1. The summed E-state index contributed by atoms with van der Waals surface area (Å²) in [5, 5.41) is 6.99. The Morgan fingerprint density at radius 1 is 1.23 bits per heavy atom. The van der Waals surface area contributed by atoms with Crippen molar-refractivity contribution in [2.24, 2.45) is 5.92 Å². The molecule has 30 heavy (non-hydrogen) atoms. The van der Waals surface area contributed by atoms with Crippen molar-refractivity contribution in [1.29, 1.82) is 0 Å². The summed E-state index contributed by atoms with van der Waals surface area (Å²) in [6.07, 6.45) is 14.0. The molecule has 0 saturated heterocycles. The number of nitrogens with one attached hydrogen (secondary N) is 1. The first-order valence-electron chi connectivity index (χ1n) is 11.3. The summed E-state index contributed by atoms with van der Waals surface area (Å²) in [6.45, 7) is 14.1. The monoisotopic (exact) mass is 416 g/mol. The lowest BCUT2D eigenvalue weighted by atomic mass is 9.87. The molecule has 1 aliphatic rings. The molecule has 1 aromatic rings. The molecule has 4 heteroatoms. The van der Waals surface area contributed by atoms with Gasteiger partial charge in [-0.2, -0.15) is 5.10 Å². The van der Waals surface area contributed by atoms with Crippen LogP contribution < -0.4 is 0 Å². The standard InChI is InChI=1S/C16H23FO.C8H12N2.C2H6/c1-3-7-14(12-16(18)4-2)13-8-5-6-9-15(17)11-10-13;1-4-6(2)8-5-7(3)9-10-8;1-2/h8-11,14H,3-7,12H2,1-2H3;4-5H,1-3H3,(H,9,10);1-2H3/b11-10?,13-8+,15-9?;6-4+;. The molecule has 0 radical (unpaired) electrons. The summed E-state index contributed by atoms with van der Waals surface area (Å²) >= 11 is 0. The van der Waals surface area contributed by atoms with E-state index in [1.54, 1.807) is 6.08 Å². The van der Waals surface area contributed by atoms with Crippen LogP contribution in [0.3, 0.4) is 0 Å². The third-order valence-corrected chi connectivity index (χ3v) is 4.84. The average Bonchev–Trinajstić information content (AvgIpc) is 3.18. The summed E-state index contributed by atoms with van der Waals surface area (Å²) in [5.41, 5.74) is 4.49. The second kappa shape index (κ2) is 16.6. The van der Waals surface area contributed by atoms with Crippen LogP contribution >= 0.6 is 0 Å². The first-order chi connectivity index (χ1) is 14.4. The lowest BCUT2D eigenvalue weighted by molar-refractivity contribution is -0.119. The molecule has 2 rings (SSSR count). The van der Waals surface area contributed by atoms with Crippen molar-refractivity contribution < 1.29 is 9.18 Å². The Morgan fingerprint density at radius 3 is 2.43 bits per heavy atom. The fourth-order valence-electron chi connectivity index (χ4n) is 3.01. The van der Waals surface area contributed by atoms with Crippen LogP contribution in [0.15, 0.2) is 47.8 Å². The van der Waals surface area contributed by atoms with Gasteiger partial charge in [-0.1, -0.05) is 52.3 Å². The van der Waals surface area contributed by atoms with Gasteiger partial charge in [0.15, 0.2) is 0 Å². The predicted molar refractivity (Wildman–Crippen MR) is 128 cm³/mol. The highest BCUT2D eigenvalue weighted by Crippen LogP contribution is 2.26. The number of aryl methyl sites for hydroxylation is 1. The molecule has 0 bridgehead atoms. The van der Waals surface area contributed by atoms with E-state index in [1.165, 1.54) is 11.6 Å². The van der Waals surface area contributed by atoms with Crippen LogP contribution in [0.4, 0.5) is 4.39 Å². The molecule has 0 aliphatic heterocycles. The number of hydrogen-bond acceptors (Lipinski definition) is 2. The first-order valence-corrected chi connectivity index (χ1v) is 11.3. The fourth-order valence-corrected chi connectivity index (χ4v) is 3.01. The maximum atomic E-state index is 13.3. The smallest absolute Gasteiger partial charge is 0.133 e.